The summed E-state index contributed by atoms with van der Waals surface area (Å²) in [7, 11) is 1.38. The van der Waals surface area contributed by atoms with E-state index in [2.05, 4.69) is 16.0 Å². The van der Waals surface area contributed by atoms with E-state index in [4.69, 9.17) is 9.83 Å². The molecule has 0 saturated heterocycles. The number of rotatable bonds is 4. The van der Waals surface area contributed by atoms with Gasteiger partial charge in [-0.05, 0) is 19.9 Å². The minimum Gasteiger partial charge on any atom is -0.459 e. The Balaban J connectivity index is 2.06. The van der Waals surface area contributed by atoms with Crippen molar-refractivity contribution in [3.8, 4) is 0 Å². The highest BCUT2D eigenvalue weighted by Crippen LogP contribution is 2.28. The molecule has 0 aliphatic rings. The summed E-state index contributed by atoms with van der Waals surface area (Å²) in [6.07, 6.45) is 0.872. The third-order valence-corrected chi connectivity index (χ3v) is 3.38. The standard InChI is InChI=1S/C16H19FN4O2/c1-9-11-6-4-5-7-12(11)23-15(9)10(2)20-16(22)21-14(18)8-13(17)19-3/h4-8,10,19H,1-3H3,(H3,18,20,21,22)/b13-8-. The van der Waals surface area contributed by atoms with Crippen LogP contribution in [0.1, 0.15) is 24.3 Å². The molecule has 7 heteroatoms. The van der Waals surface area contributed by atoms with Crippen molar-refractivity contribution in [3.63, 3.8) is 0 Å². The number of aryl methyl sites for hydroxylation is 1. The van der Waals surface area contributed by atoms with Crippen molar-refractivity contribution < 1.29 is 13.6 Å². The van der Waals surface area contributed by atoms with Crippen LogP contribution in [0, 0.1) is 12.3 Å². The molecule has 6 nitrogen and oxygen atoms in total. The van der Waals surface area contributed by atoms with Crippen LogP contribution >= 0.6 is 0 Å². The number of halogens is 1. The number of amides is 2. The number of urea groups is 1. The van der Waals surface area contributed by atoms with Crippen LogP contribution in [-0.4, -0.2) is 18.9 Å². The first-order chi connectivity index (χ1) is 10.9. The maximum Gasteiger partial charge on any atom is 0.320 e. The SMILES string of the molecule is CN/C(F)=C\C(=N)NC(=O)NC(C)c1oc2ccccc2c1C. The number of carbonyl (C=O) groups excluding carboxylic acids is 1. The van der Waals surface area contributed by atoms with Crippen LogP contribution in [0.25, 0.3) is 11.0 Å². The zero-order valence-corrected chi connectivity index (χ0v) is 13.2. The molecule has 2 amide bonds. The first kappa shape index (κ1) is 16.5. The van der Waals surface area contributed by atoms with E-state index in [0.29, 0.717) is 5.76 Å². The molecule has 23 heavy (non-hydrogen) atoms. The van der Waals surface area contributed by atoms with E-state index in [9.17, 15) is 9.18 Å². The zero-order chi connectivity index (χ0) is 17.0. The van der Waals surface area contributed by atoms with E-state index in [1.807, 2.05) is 31.2 Å². The van der Waals surface area contributed by atoms with Crippen LogP contribution in [0.4, 0.5) is 9.18 Å². The summed E-state index contributed by atoms with van der Waals surface area (Å²) >= 11 is 0. The first-order valence-electron chi connectivity index (χ1n) is 7.11. The molecule has 1 unspecified atom stereocenters. The van der Waals surface area contributed by atoms with E-state index in [0.717, 1.165) is 22.6 Å². The van der Waals surface area contributed by atoms with Gasteiger partial charge in [0.1, 0.15) is 17.2 Å². The second kappa shape index (κ2) is 6.95. The van der Waals surface area contributed by atoms with Gasteiger partial charge in [0.15, 0.2) is 5.95 Å². The average Bonchev–Trinajstić information content (AvgIpc) is 2.84. The Labute approximate surface area is 133 Å². The fourth-order valence-electron chi connectivity index (χ4n) is 2.26. The van der Waals surface area contributed by atoms with Crippen LogP contribution in [-0.2, 0) is 0 Å². The highest BCUT2D eigenvalue weighted by Gasteiger charge is 2.18. The van der Waals surface area contributed by atoms with Gasteiger partial charge in [-0.1, -0.05) is 18.2 Å². The van der Waals surface area contributed by atoms with E-state index >= 15 is 0 Å². The fraction of sp³-hybridized carbons (Fsp3) is 0.250. The van der Waals surface area contributed by atoms with Crippen LogP contribution in [0.3, 0.4) is 0 Å². The molecule has 0 fully saturated rings. The predicted octanol–water partition coefficient (Wildman–Crippen LogP) is 3.11. The lowest BCUT2D eigenvalue weighted by Gasteiger charge is -2.13. The topological polar surface area (TPSA) is 90.2 Å². The highest BCUT2D eigenvalue weighted by atomic mass is 19.1. The minimum atomic E-state index is -0.712. The van der Waals surface area contributed by atoms with Gasteiger partial charge in [0.25, 0.3) is 0 Å². The van der Waals surface area contributed by atoms with Gasteiger partial charge in [-0.2, -0.15) is 4.39 Å². The number of para-hydroxylation sites is 1. The lowest BCUT2D eigenvalue weighted by molar-refractivity contribution is 0.241. The molecule has 0 bridgehead atoms. The molecule has 0 spiro atoms. The highest BCUT2D eigenvalue weighted by molar-refractivity contribution is 6.02. The Kier molecular flexibility index (Phi) is 5.00. The van der Waals surface area contributed by atoms with E-state index < -0.39 is 18.0 Å². The Hall–Kier alpha value is -2.83. The molecule has 2 aromatic rings. The number of benzene rings is 1. The predicted molar refractivity (Wildman–Crippen MR) is 87.0 cm³/mol. The maximum absolute atomic E-state index is 13.0. The van der Waals surface area contributed by atoms with E-state index in [-0.39, 0.29) is 5.84 Å². The second-order valence-electron chi connectivity index (χ2n) is 5.06. The van der Waals surface area contributed by atoms with Crippen LogP contribution in [0.15, 0.2) is 40.7 Å². The molecule has 1 aromatic heterocycles. The van der Waals surface area contributed by atoms with Gasteiger partial charge in [0, 0.05) is 24.1 Å². The number of hydrogen-bond acceptors (Lipinski definition) is 4. The lowest BCUT2D eigenvalue weighted by atomic mass is 10.1. The summed E-state index contributed by atoms with van der Waals surface area (Å²) < 4.78 is 18.7. The van der Waals surface area contributed by atoms with Crippen molar-refractivity contribution in [2.45, 2.75) is 19.9 Å². The summed E-state index contributed by atoms with van der Waals surface area (Å²) in [6.45, 7) is 3.70. The van der Waals surface area contributed by atoms with Gasteiger partial charge >= 0.3 is 6.03 Å². The van der Waals surface area contributed by atoms with E-state index in [1.165, 1.54) is 7.05 Å². The first-order valence-corrected chi connectivity index (χ1v) is 7.11. The molecule has 4 N–H and O–H groups in total. The molecular weight excluding hydrogens is 299 g/mol. The number of nitrogens with one attached hydrogen (secondary N) is 4. The smallest absolute Gasteiger partial charge is 0.320 e. The average molecular weight is 318 g/mol. The number of furan rings is 1. The molecule has 2 rings (SSSR count). The summed E-state index contributed by atoms with van der Waals surface area (Å²) in [4.78, 5) is 11.9. The van der Waals surface area contributed by atoms with Crippen LogP contribution in [0.5, 0.6) is 0 Å². The van der Waals surface area contributed by atoms with Gasteiger partial charge in [0.2, 0.25) is 0 Å². The van der Waals surface area contributed by atoms with Gasteiger partial charge in [-0.15, -0.1) is 0 Å². The van der Waals surface area contributed by atoms with Crippen molar-refractivity contribution in [2.24, 2.45) is 0 Å². The largest absolute Gasteiger partial charge is 0.459 e. The summed E-state index contributed by atoms with van der Waals surface area (Å²) in [5.41, 5.74) is 1.70. The Morgan fingerprint density at radius 1 is 1.39 bits per heavy atom. The molecule has 1 heterocycles. The van der Waals surface area contributed by atoms with E-state index in [1.54, 1.807) is 6.92 Å². The monoisotopic (exact) mass is 318 g/mol. The molecule has 1 atom stereocenters. The summed E-state index contributed by atoms with van der Waals surface area (Å²) in [5.74, 6) is -0.427. The van der Waals surface area contributed by atoms with Gasteiger partial charge < -0.3 is 15.1 Å². The molecule has 0 saturated carbocycles. The Bertz CT molecular complexity index is 767. The number of fused-ring (bicyclic) bond motifs is 1. The Morgan fingerprint density at radius 2 is 2.09 bits per heavy atom. The number of hydrogen-bond donors (Lipinski definition) is 4. The van der Waals surface area contributed by atoms with Crippen molar-refractivity contribution in [1.82, 2.24) is 16.0 Å². The quantitative estimate of drug-likeness (QED) is 0.397. The van der Waals surface area contributed by atoms with Crippen molar-refractivity contribution in [3.05, 3.63) is 47.6 Å². The molecule has 0 radical (unpaired) electrons. The summed E-state index contributed by atoms with van der Waals surface area (Å²) in [5, 5.41) is 15.6. The van der Waals surface area contributed by atoms with Gasteiger partial charge in [-0.3, -0.25) is 10.7 Å². The molecule has 1 aromatic carbocycles. The zero-order valence-electron chi connectivity index (χ0n) is 13.2. The molecule has 122 valence electrons. The molecule has 0 aliphatic heterocycles. The third-order valence-electron chi connectivity index (χ3n) is 3.38. The van der Waals surface area contributed by atoms with Crippen LogP contribution in [0.2, 0.25) is 0 Å². The Morgan fingerprint density at radius 3 is 2.74 bits per heavy atom. The fourth-order valence-corrected chi connectivity index (χ4v) is 2.26. The van der Waals surface area contributed by atoms with Crippen LogP contribution < -0.4 is 16.0 Å². The second-order valence-corrected chi connectivity index (χ2v) is 5.06. The number of amidine groups is 1. The van der Waals surface area contributed by atoms with Crippen molar-refractivity contribution in [2.75, 3.05) is 7.05 Å². The number of carbonyl (C=O) groups is 1. The minimum absolute atomic E-state index is 0.358. The van der Waals surface area contributed by atoms with Gasteiger partial charge in [0.05, 0.1) is 6.04 Å². The van der Waals surface area contributed by atoms with Crippen molar-refractivity contribution in [1.29, 1.82) is 5.41 Å². The maximum atomic E-state index is 13.0. The van der Waals surface area contributed by atoms with Crippen molar-refractivity contribution >= 4 is 22.8 Å². The summed E-state index contributed by atoms with van der Waals surface area (Å²) in [6, 6.07) is 6.61. The molecule has 0 aliphatic carbocycles. The van der Waals surface area contributed by atoms with Gasteiger partial charge in [-0.25, -0.2) is 4.79 Å². The molecular formula is C16H19FN4O2. The lowest BCUT2D eigenvalue weighted by Crippen LogP contribution is -2.39. The third kappa shape index (κ3) is 3.88. The normalized spacial score (nSPS) is 12.8.